The molecule has 3 aromatic rings. The van der Waals surface area contributed by atoms with Gasteiger partial charge in [0.05, 0.1) is 24.3 Å². The number of nitrogens with zero attached hydrogens (tertiary/aromatic N) is 1. The minimum absolute atomic E-state index is 0.126. The van der Waals surface area contributed by atoms with Gasteiger partial charge < -0.3 is 14.8 Å². The Labute approximate surface area is 177 Å². The molecule has 29 heavy (non-hydrogen) atoms. The lowest BCUT2D eigenvalue weighted by Gasteiger charge is -2.06. The highest BCUT2D eigenvalue weighted by atomic mass is 35.5. The lowest BCUT2D eigenvalue weighted by atomic mass is 10.2. The van der Waals surface area contributed by atoms with Crippen LogP contribution in [-0.4, -0.2) is 23.5 Å². The highest BCUT2D eigenvalue weighted by Crippen LogP contribution is 2.19. The van der Waals surface area contributed by atoms with Crippen LogP contribution in [0.1, 0.15) is 28.0 Å². The second-order valence-corrected chi connectivity index (χ2v) is 7.38. The van der Waals surface area contributed by atoms with E-state index in [1.165, 1.54) is 11.3 Å². The van der Waals surface area contributed by atoms with E-state index in [2.05, 4.69) is 10.3 Å². The Kier molecular flexibility index (Phi) is 7.21. The van der Waals surface area contributed by atoms with Crippen LogP contribution in [0.2, 0.25) is 5.02 Å². The first-order valence-electron chi connectivity index (χ1n) is 8.92. The van der Waals surface area contributed by atoms with Gasteiger partial charge in [0.15, 0.2) is 0 Å². The molecule has 3 rings (SSSR count). The Morgan fingerprint density at radius 3 is 2.72 bits per heavy atom. The summed E-state index contributed by atoms with van der Waals surface area (Å²) in [5.41, 5.74) is 1.57. The monoisotopic (exact) mass is 430 g/mol. The van der Waals surface area contributed by atoms with Gasteiger partial charge in [-0.1, -0.05) is 17.7 Å². The molecular weight excluding hydrogens is 412 g/mol. The number of carbonyl (C=O) groups excluding carboxylic acids is 2. The van der Waals surface area contributed by atoms with E-state index in [-0.39, 0.29) is 12.3 Å². The minimum atomic E-state index is -0.423. The largest absolute Gasteiger partial charge is 0.486 e. The maximum absolute atomic E-state index is 12.3. The molecule has 0 fully saturated rings. The predicted octanol–water partition coefficient (Wildman–Crippen LogP) is 4.73. The van der Waals surface area contributed by atoms with Crippen LogP contribution in [0.25, 0.3) is 0 Å². The second kappa shape index (κ2) is 10.0. The van der Waals surface area contributed by atoms with Crippen LogP contribution in [0.3, 0.4) is 0 Å². The SMILES string of the molecule is CCOC(=O)c1cccc(NC(=O)Cc2csc(COc3ccc(Cl)cc3)n2)c1. The Morgan fingerprint density at radius 2 is 1.97 bits per heavy atom. The summed E-state index contributed by atoms with van der Waals surface area (Å²) in [5.74, 6) is 0.0558. The molecule has 1 N–H and O–H groups in total. The smallest absolute Gasteiger partial charge is 0.338 e. The highest BCUT2D eigenvalue weighted by molar-refractivity contribution is 7.09. The van der Waals surface area contributed by atoms with Crippen LogP contribution < -0.4 is 10.1 Å². The lowest BCUT2D eigenvalue weighted by molar-refractivity contribution is -0.115. The van der Waals surface area contributed by atoms with Gasteiger partial charge in [-0.25, -0.2) is 9.78 Å². The first-order chi connectivity index (χ1) is 14.0. The third kappa shape index (κ3) is 6.30. The van der Waals surface area contributed by atoms with Gasteiger partial charge in [0.2, 0.25) is 5.91 Å². The number of hydrogen-bond donors (Lipinski definition) is 1. The van der Waals surface area contributed by atoms with E-state index >= 15 is 0 Å². The fraction of sp³-hybridized carbons (Fsp3) is 0.190. The number of hydrogen-bond acceptors (Lipinski definition) is 6. The van der Waals surface area contributed by atoms with Gasteiger partial charge in [0, 0.05) is 16.1 Å². The maximum atomic E-state index is 12.3. The molecular formula is C21H19ClN2O4S. The number of benzene rings is 2. The maximum Gasteiger partial charge on any atom is 0.338 e. The third-order valence-corrected chi connectivity index (χ3v) is 4.90. The van der Waals surface area contributed by atoms with Crippen LogP contribution in [-0.2, 0) is 22.6 Å². The number of carbonyl (C=O) groups is 2. The zero-order valence-electron chi connectivity index (χ0n) is 15.7. The summed E-state index contributed by atoms with van der Waals surface area (Å²) in [6.45, 7) is 2.35. The normalized spacial score (nSPS) is 10.4. The molecule has 0 bridgehead atoms. The molecule has 150 valence electrons. The molecule has 0 radical (unpaired) electrons. The van der Waals surface area contributed by atoms with Gasteiger partial charge in [-0.3, -0.25) is 4.79 Å². The minimum Gasteiger partial charge on any atom is -0.486 e. The van der Waals surface area contributed by atoms with Crippen molar-refractivity contribution >= 4 is 40.5 Å². The molecule has 0 atom stereocenters. The van der Waals surface area contributed by atoms with Gasteiger partial charge in [-0.05, 0) is 49.4 Å². The molecule has 0 aliphatic heterocycles. The summed E-state index contributed by atoms with van der Waals surface area (Å²) in [6, 6.07) is 13.7. The van der Waals surface area contributed by atoms with E-state index in [4.69, 9.17) is 21.1 Å². The lowest BCUT2D eigenvalue weighted by Crippen LogP contribution is -2.15. The van der Waals surface area contributed by atoms with Crippen molar-refractivity contribution in [1.82, 2.24) is 4.98 Å². The van der Waals surface area contributed by atoms with E-state index in [0.29, 0.717) is 40.9 Å². The van der Waals surface area contributed by atoms with Crippen molar-refractivity contribution in [3.8, 4) is 5.75 Å². The van der Waals surface area contributed by atoms with Crippen molar-refractivity contribution in [2.45, 2.75) is 20.0 Å². The fourth-order valence-electron chi connectivity index (χ4n) is 2.48. The third-order valence-electron chi connectivity index (χ3n) is 3.77. The van der Waals surface area contributed by atoms with Crippen LogP contribution in [0.4, 0.5) is 5.69 Å². The molecule has 0 spiro atoms. The number of nitrogens with one attached hydrogen (secondary N) is 1. The standard InChI is InChI=1S/C21H19ClN2O4S/c1-2-27-21(26)14-4-3-5-16(10-14)23-19(25)11-17-13-29-20(24-17)12-28-18-8-6-15(22)7-9-18/h3-10,13H,2,11-12H2,1H3,(H,23,25). The van der Waals surface area contributed by atoms with Gasteiger partial charge in [0.1, 0.15) is 17.4 Å². The zero-order valence-corrected chi connectivity index (χ0v) is 17.3. The van der Waals surface area contributed by atoms with E-state index < -0.39 is 5.97 Å². The molecule has 1 heterocycles. The summed E-state index contributed by atoms with van der Waals surface area (Å²) >= 11 is 7.28. The van der Waals surface area contributed by atoms with Crippen molar-refractivity contribution in [3.05, 3.63) is 75.2 Å². The van der Waals surface area contributed by atoms with Crippen molar-refractivity contribution in [1.29, 1.82) is 0 Å². The number of thiazole rings is 1. The molecule has 2 aromatic carbocycles. The van der Waals surface area contributed by atoms with E-state index in [1.54, 1.807) is 55.5 Å². The van der Waals surface area contributed by atoms with E-state index in [9.17, 15) is 9.59 Å². The van der Waals surface area contributed by atoms with Crippen LogP contribution >= 0.6 is 22.9 Å². The Balaban J connectivity index is 1.53. The number of amides is 1. The van der Waals surface area contributed by atoms with Crippen molar-refractivity contribution < 1.29 is 19.1 Å². The summed E-state index contributed by atoms with van der Waals surface area (Å²) in [7, 11) is 0. The summed E-state index contributed by atoms with van der Waals surface area (Å²) < 4.78 is 10.6. The Hall–Kier alpha value is -2.90. The van der Waals surface area contributed by atoms with E-state index in [0.717, 1.165) is 5.01 Å². The van der Waals surface area contributed by atoms with Gasteiger partial charge >= 0.3 is 5.97 Å². The number of ether oxygens (including phenoxy) is 2. The van der Waals surface area contributed by atoms with Crippen molar-refractivity contribution in [2.24, 2.45) is 0 Å². The molecule has 0 saturated heterocycles. The van der Waals surface area contributed by atoms with Crippen molar-refractivity contribution in [2.75, 3.05) is 11.9 Å². The second-order valence-electron chi connectivity index (χ2n) is 6.00. The Bertz CT molecular complexity index is 988. The van der Waals surface area contributed by atoms with Crippen LogP contribution in [0.15, 0.2) is 53.9 Å². The molecule has 8 heteroatoms. The molecule has 0 aliphatic carbocycles. The molecule has 1 aromatic heterocycles. The predicted molar refractivity (Wildman–Crippen MR) is 113 cm³/mol. The quantitative estimate of drug-likeness (QED) is 0.522. The van der Waals surface area contributed by atoms with Crippen LogP contribution in [0.5, 0.6) is 5.75 Å². The first-order valence-corrected chi connectivity index (χ1v) is 10.2. The summed E-state index contributed by atoms with van der Waals surface area (Å²) in [5, 5.41) is 6.02. The number of aromatic nitrogens is 1. The topological polar surface area (TPSA) is 77.5 Å². The molecule has 1 amide bonds. The molecule has 0 saturated carbocycles. The zero-order chi connectivity index (χ0) is 20.6. The number of esters is 1. The molecule has 0 aliphatic rings. The van der Waals surface area contributed by atoms with Crippen molar-refractivity contribution in [3.63, 3.8) is 0 Å². The van der Waals surface area contributed by atoms with Gasteiger partial charge in [-0.15, -0.1) is 11.3 Å². The summed E-state index contributed by atoms with van der Waals surface area (Å²) in [6.07, 6.45) is 0.126. The number of anilines is 1. The summed E-state index contributed by atoms with van der Waals surface area (Å²) in [4.78, 5) is 28.5. The average Bonchev–Trinajstić information content (AvgIpc) is 3.15. The Morgan fingerprint density at radius 1 is 1.17 bits per heavy atom. The average molecular weight is 431 g/mol. The molecule has 0 unspecified atom stereocenters. The van der Waals surface area contributed by atoms with Crippen LogP contribution in [0, 0.1) is 0 Å². The number of halogens is 1. The fourth-order valence-corrected chi connectivity index (χ4v) is 3.31. The molecule has 6 nitrogen and oxygen atoms in total. The first kappa shape index (κ1) is 20.8. The highest BCUT2D eigenvalue weighted by Gasteiger charge is 2.11. The van der Waals surface area contributed by atoms with E-state index in [1.807, 2.05) is 5.38 Å². The number of rotatable bonds is 8. The van der Waals surface area contributed by atoms with Gasteiger partial charge in [-0.2, -0.15) is 0 Å². The van der Waals surface area contributed by atoms with Gasteiger partial charge in [0.25, 0.3) is 0 Å².